The maximum atomic E-state index is 10.4. The lowest BCUT2D eigenvalue weighted by Crippen LogP contribution is -2.10. The summed E-state index contributed by atoms with van der Waals surface area (Å²) in [5.74, 6) is 0.568. The van der Waals surface area contributed by atoms with Crippen molar-refractivity contribution in [3.8, 4) is 17.0 Å². The minimum atomic E-state index is -0.00149. The van der Waals surface area contributed by atoms with Crippen LogP contribution >= 0.6 is 11.6 Å². The maximum Gasteiger partial charge on any atom is 0.133 e. The van der Waals surface area contributed by atoms with Crippen molar-refractivity contribution >= 4 is 11.6 Å². The summed E-state index contributed by atoms with van der Waals surface area (Å²) >= 11 is 6.34. The zero-order chi connectivity index (χ0) is 16.7. The van der Waals surface area contributed by atoms with Crippen molar-refractivity contribution in [2.75, 3.05) is 0 Å². The number of benzene rings is 1. The van der Waals surface area contributed by atoms with Gasteiger partial charge in [0.1, 0.15) is 10.9 Å². The van der Waals surface area contributed by atoms with E-state index in [4.69, 9.17) is 11.6 Å². The normalized spacial score (nSPS) is 12.0. The summed E-state index contributed by atoms with van der Waals surface area (Å²) in [7, 11) is 0. The summed E-state index contributed by atoms with van der Waals surface area (Å²) in [5.41, 5.74) is 4.69. The molecule has 0 aliphatic rings. The molecule has 0 saturated heterocycles. The van der Waals surface area contributed by atoms with Crippen molar-refractivity contribution in [1.29, 1.82) is 0 Å². The Balaban J connectivity index is 2.54. The van der Waals surface area contributed by atoms with E-state index in [1.54, 1.807) is 0 Å². The van der Waals surface area contributed by atoms with E-state index in [0.29, 0.717) is 22.3 Å². The quantitative estimate of drug-likeness (QED) is 0.706. The number of aryl methyl sites for hydroxylation is 1. The molecule has 0 aliphatic carbocycles. The van der Waals surface area contributed by atoms with Crippen LogP contribution in [0, 0.1) is 6.92 Å². The number of halogens is 1. The molecule has 0 fully saturated rings. The first-order chi connectivity index (χ1) is 10.1. The van der Waals surface area contributed by atoms with Gasteiger partial charge in [0.2, 0.25) is 0 Å². The Labute approximate surface area is 138 Å². The van der Waals surface area contributed by atoms with Crippen molar-refractivity contribution in [2.24, 2.45) is 0 Å². The van der Waals surface area contributed by atoms with E-state index < -0.39 is 0 Å². The minimum absolute atomic E-state index is 0.00149. The third-order valence-corrected chi connectivity index (χ3v) is 4.22. The molecule has 0 spiro atoms. The number of rotatable bonds is 2. The average molecular weight is 318 g/mol. The fourth-order valence-corrected chi connectivity index (χ4v) is 3.15. The number of aromatic nitrogens is 1. The molecule has 0 bridgehead atoms. The van der Waals surface area contributed by atoms with Gasteiger partial charge in [-0.3, -0.25) is 0 Å². The summed E-state index contributed by atoms with van der Waals surface area (Å²) in [6.45, 7) is 12.6. The minimum Gasteiger partial charge on any atom is -0.507 e. The highest BCUT2D eigenvalue weighted by Crippen LogP contribution is 2.36. The predicted octanol–water partition coefficient (Wildman–Crippen LogP) is 5.84. The fraction of sp³-hybridized carbons (Fsp3) is 0.421. The molecule has 2 nitrogen and oxygen atoms in total. The molecule has 1 heterocycles. The van der Waals surface area contributed by atoms with E-state index in [2.05, 4.69) is 39.6 Å². The van der Waals surface area contributed by atoms with E-state index in [1.807, 2.05) is 31.2 Å². The molecule has 0 amide bonds. The number of phenolic OH excluding ortho intramolecular Hbond substituents is 1. The van der Waals surface area contributed by atoms with Gasteiger partial charge >= 0.3 is 0 Å². The second kappa shape index (κ2) is 5.92. The monoisotopic (exact) mass is 317 g/mol. The van der Waals surface area contributed by atoms with Crippen molar-refractivity contribution in [1.82, 2.24) is 4.98 Å². The first kappa shape index (κ1) is 16.8. The molecule has 1 aromatic carbocycles. The third kappa shape index (κ3) is 3.27. The Kier molecular flexibility index (Phi) is 4.53. The van der Waals surface area contributed by atoms with Crippen LogP contribution in [0.25, 0.3) is 11.3 Å². The number of aromatic hydroxyl groups is 1. The van der Waals surface area contributed by atoms with Crippen LogP contribution in [0.1, 0.15) is 57.2 Å². The van der Waals surface area contributed by atoms with Crippen molar-refractivity contribution in [3.63, 3.8) is 0 Å². The molecule has 0 radical (unpaired) electrons. The molecule has 0 unspecified atom stereocenters. The molecule has 118 valence electrons. The molecule has 1 N–H and O–H groups in total. The highest BCUT2D eigenvalue weighted by atomic mass is 35.5. The zero-order valence-electron chi connectivity index (χ0n) is 14.2. The summed E-state index contributed by atoms with van der Waals surface area (Å²) in [4.78, 5) is 4.48. The van der Waals surface area contributed by atoms with Crippen molar-refractivity contribution in [3.05, 3.63) is 46.1 Å². The number of hydrogen-bond donors (Lipinski definition) is 1. The smallest absolute Gasteiger partial charge is 0.133 e. The van der Waals surface area contributed by atoms with Crippen LogP contribution < -0.4 is 0 Å². The van der Waals surface area contributed by atoms with Gasteiger partial charge in [-0.25, -0.2) is 4.98 Å². The molecule has 0 atom stereocenters. The number of hydrogen-bond acceptors (Lipinski definition) is 2. The van der Waals surface area contributed by atoms with Gasteiger partial charge in [-0.1, -0.05) is 52.3 Å². The predicted molar refractivity (Wildman–Crippen MR) is 93.9 cm³/mol. The van der Waals surface area contributed by atoms with Gasteiger partial charge in [0.05, 0.1) is 5.69 Å². The Hall–Kier alpha value is -1.54. The molecular weight excluding hydrogens is 294 g/mol. The number of phenols is 1. The van der Waals surface area contributed by atoms with Crippen LogP contribution in [0.5, 0.6) is 5.75 Å². The molecule has 1 aromatic heterocycles. The molecule has 3 heteroatoms. The molecule has 2 aromatic rings. The highest BCUT2D eigenvalue weighted by Gasteiger charge is 2.18. The van der Waals surface area contributed by atoms with E-state index in [-0.39, 0.29) is 11.2 Å². The van der Waals surface area contributed by atoms with Crippen molar-refractivity contribution < 1.29 is 5.11 Å². The van der Waals surface area contributed by atoms with E-state index in [9.17, 15) is 5.11 Å². The van der Waals surface area contributed by atoms with Crippen LogP contribution in [0.3, 0.4) is 0 Å². The summed E-state index contributed by atoms with van der Waals surface area (Å²) < 4.78 is 0. The average Bonchev–Trinajstić information content (AvgIpc) is 2.35. The van der Waals surface area contributed by atoms with Gasteiger partial charge in [-0.2, -0.15) is 0 Å². The van der Waals surface area contributed by atoms with Crippen molar-refractivity contribution in [2.45, 2.75) is 52.9 Å². The topological polar surface area (TPSA) is 33.1 Å². The lowest BCUT2D eigenvalue weighted by molar-refractivity contribution is 0.473. The van der Waals surface area contributed by atoms with Crippen LogP contribution in [-0.2, 0) is 5.41 Å². The first-order valence-corrected chi connectivity index (χ1v) is 8.00. The Morgan fingerprint density at radius 2 is 1.77 bits per heavy atom. The second-order valence-corrected chi connectivity index (χ2v) is 7.52. The van der Waals surface area contributed by atoms with Crippen LogP contribution in [-0.4, -0.2) is 10.1 Å². The summed E-state index contributed by atoms with van der Waals surface area (Å²) in [6, 6.07) is 7.77. The van der Waals surface area contributed by atoms with Gasteiger partial charge in [0, 0.05) is 5.56 Å². The summed E-state index contributed by atoms with van der Waals surface area (Å²) in [6.07, 6.45) is 0. The van der Waals surface area contributed by atoms with Crippen LogP contribution in [0.4, 0.5) is 0 Å². The fourth-order valence-electron chi connectivity index (χ4n) is 2.69. The molecule has 2 rings (SSSR count). The second-order valence-electron chi connectivity index (χ2n) is 7.17. The molecule has 0 aliphatic heterocycles. The van der Waals surface area contributed by atoms with E-state index in [1.165, 1.54) is 0 Å². The summed E-state index contributed by atoms with van der Waals surface area (Å²) in [5, 5.41) is 10.9. The van der Waals surface area contributed by atoms with Gasteiger partial charge in [0.25, 0.3) is 0 Å². The maximum absolute atomic E-state index is 10.4. The number of nitrogens with zero attached hydrogens (tertiary/aromatic N) is 1. The Morgan fingerprint density at radius 3 is 2.23 bits per heavy atom. The van der Waals surface area contributed by atoms with Gasteiger partial charge in [0.15, 0.2) is 0 Å². The zero-order valence-corrected chi connectivity index (χ0v) is 14.9. The van der Waals surface area contributed by atoms with E-state index >= 15 is 0 Å². The SMILES string of the molecule is Cc1cc(-c2ccc(C(C)(C)C)cc2O)nc(Cl)c1C(C)C. The first-order valence-electron chi connectivity index (χ1n) is 7.62. The largest absolute Gasteiger partial charge is 0.507 e. The molecular formula is C19H24ClNO. The van der Waals surface area contributed by atoms with Gasteiger partial charge < -0.3 is 5.11 Å². The van der Waals surface area contributed by atoms with Gasteiger partial charge in [-0.05, 0) is 53.1 Å². The highest BCUT2D eigenvalue weighted by molar-refractivity contribution is 6.30. The lowest BCUT2D eigenvalue weighted by atomic mass is 9.86. The standard InChI is InChI=1S/C19H24ClNO/c1-11(2)17-12(3)9-15(21-18(17)20)14-8-7-13(10-16(14)22)19(4,5)6/h7-11,22H,1-6H3. The Bertz CT molecular complexity index is 676. The van der Waals surface area contributed by atoms with Crippen LogP contribution in [0.2, 0.25) is 5.15 Å². The van der Waals surface area contributed by atoms with E-state index in [0.717, 1.165) is 16.7 Å². The lowest BCUT2D eigenvalue weighted by Gasteiger charge is -2.20. The molecule has 0 saturated carbocycles. The Morgan fingerprint density at radius 1 is 1.14 bits per heavy atom. The number of pyridine rings is 1. The van der Waals surface area contributed by atoms with Gasteiger partial charge in [-0.15, -0.1) is 0 Å². The third-order valence-electron chi connectivity index (χ3n) is 3.94. The van der Waals surface area contributed by atoms with Crippen LogP contribution in [0.15, 0.2) is 24.3 Å². The molecule has 22 heavy (non-hydrogen) atoms.